The van der Waals surface area contributed by atoms with Crippen LogP contribution >= 0.6 is 0 Å². The summed E-state index contributed by atoms with van der Waals surface area (Å²) in [4.78, 5) is 7.26. The smallest absolute Gasteiger partial charge is 0.124 e. The first-order valence-corrected chi connectivity index (χ1v) is 8.24. The van der Waals surface area contributed by atoms with Crippen LogP contribution in [0.2, 0.25) is 0 Å². The highest BCUT2D eigenvalue weighted by Crippen LogP contribution is 2.26. The van der Waals surface area contributed by atoms with Crippen LogP contribution in [-0.4, -0.2) is 41.9 Å². The fourth-order valence-corrected chi connectivity index (χ4v) is 3.21. The molecule has 22 heavy (non-hydrogen) atoms. The number of hydrogen-bond acceptors (Lipinski definition) is 3. The van der Waals surface area contributed by atoms with E-state index in [-0.39, 0.29) is 0 Å². The van der Waals surface area contributed by atoms with E-state index in [0.29, 0.717) is 11.8 Å². The second-order valence-corrected chi connectivity index (χ2v) is 6.07. The summed E-state index contributed by atoms with van der Waals surface area (Å²) in [6, 6.07) is 12.2. The van der Waals surface area contributed by atoms with Gasteiger partial charge in [-0.05, 0) is 42.6 Å². The molecule has 0 aromatic heterocycles. The quantitative estimate of drug-likeness (QED) is 0.870. The van der Waals surface area contributed by atoms with E-state index in [1.807, 2.05) is 30.5 Å². The van der Waals surface area contributed by atoms with E-state index in [1.165, 1.54) is 13.0 Å². The Morgan fingerprint density at radius 2 is 1.95 bits per heavy atom. The molecule has 0 spiro atoms. The third-order valence-electron chi connectivity index (χ3n) is 4.46. The lowest BCUT2D eigenvalue weighted by molar-refractivity contribution is 0.214. The number of piperidine rings is 1. The van der Waals surface area contributed by atoms with E-state index in [2.05, 4.69) is 17.9 Å². The third-order valence-corrected chi connectivity index (χ3v) is 4.46. The highest BCUT2D eigenvalue weighted by molar-refractivity contribution is 6.02. The molecule has 2 aromatic carbocycles. The Hall–Kier alpha value is -1.87. The summed E-state index contributed by atoms with van der Waals surface area (Å²) in [5.74, 6) is 0.311. The minimum atomic E-state index is 0.311. The molecule has 1 aliphatic heterocycles. The Balaban J connectivity index is 1.75. The number of nitrogens with zero attached hydrogens (tertiary/aromatic N) is 2. The monoisotopic (exact) mass is 296 g/mol. The van der Waals surface area contributed by atoms with Crippen LogP contribution in [0.5, 0.6) is 5.75 Å². The van der Waals surface area contributed by atoms with Crippen LogP contribution in [0.3, 0.4) is 0 Å². The van der Waals surface area contributed by atoms with Gasteiger partial charge in [-0.1, -0.05) is 37.3 Å². The van der Waals surface area contributed by atoms with Gasteiger partial charge in [0.05, 0.1) is 6.04 Å². The normalized spacial score (nSPS) is 17.5. The molecular weight excluding hydrogens is 272 g/mol. The number of hydrogen-bond donors (Lipinski definition) is 1. The van der Waals surface area contributed by atoms with Crippen molar-refractivity contribution in [1.29, 1.82) is 0 Å². The average molecular weight is 296 g/mol. The van der Waals surface area contributed by atoms with Gasteiger partial charge in [-0.25, -0.2) is 0 Å². The lowest BCUT2D eigenvalue weighted by Crippen LogP contribution is -2.35. The Morgan fingerprint density at radius 3 is 2.73 bits per heavy atom. The minimum Gasteiger partial charge on any atom is -0.507 e. The molecule has 1 saturated heterocycles. The van der Waals surface area contributed by atoms with Gasteiger partial charge in [0.2, 0.25) is 0 Å². The number of benzene rings is 2. The molecule has 116 valence electrons. The lowest BCUT2D eigenvalue weighted by atomic mass is 10.0. The Morgan fingerprint density at radius 1 is 1.18 bits per heavy atom. The van der Waals surface area contributed by atoms with Crippen molar-refractivity contribution in [2.75, 3.05) is 19.6 Å². The van der Waals surface area contributed by atoms with E-state index < -0.39 is 0 Å². The van der Waals surface area contributed by atoms with Gasteiger partial charge in [-0.2, -0.15) is 0 Å². The summed E-state index contributed by atoms with van der Waals surface area (Å²) < 4.78 is 0. The molecule has 3 heteroatoms. The predicted molar refractivity (Wildman–Crippen MR) is 93.0 cm³/mol. The number of phenolic OH excluding ortho intramolecular Hbond substituents is 1. The molecule has 0 atom stereocenters. The van der Waals surface area contributed by atoms with Crippen LogP contribution in [0.4, 0.5) is 0 Å². The standard InChI is InChI=1S/C19H24N2O/c1-2-11-21-12-9-16(10-13-21)20-14-18-17-6-4-3-5-15(17)7-8-19(18)22/h3-8,14,16,22H,2,9-13H2,1H3. The highest BCUT2D eigenvalue weighted by Gasteiger charge is 2.17. The fourth-order valence-electron chi connectivity index (χ4n) is 3.21. The molecule has 0 radical (unpaired) electrons. The molecule has 0 saturated carbocycles. The summed E-state index contributed by atoms with van der Waals surface area (Å²) >= 11 is 0. The highest BCUT2D eigenvalue weighted by atomic mass is 16.3. The SMILES string of the molecule is CCCN1CCC(N=Cc2c(O)ccc3ccccc23)CC1. The second-order valence-electron chi connectivity index (χ2n) is 6.07. The summed E-state index contributed by atoms with van der Waals surface area (Å²) in [5.41, 5.74) is 0.842. The van der Waals surface area contributed by atoms with Crippen molar-refractivity contribution >= 4 is 17.0 Å². The number of fused-ring (bicyclic) bond motifs is 1. The van der Waals surface area contributed by atoms with E-state index >= 15 is 0 Å². The first kappa shape index (κ1) is 15.0. The zero-order chi connectivity index (χ0) is 15.4. The van der Waals surface area contributed by atoms with Gasteiger partial charge in [-0.3, -0.25) is 4.99 Å². The Kier molecular flexibility index (Phi) is 4.74. The van der Waals surface area contributed by atoms with Crippen molar-refractivity contribution < 1.29 is 5.11 Å². The Bertz CT molecular complexity index is 658. The third kappa shape index (κ3) is 3.30. The first-order valence-electron chi connectivity index (χ1n) is 8.24. The van der Waals surface area contributed by atoms with Gasteiger partial charge in [0.1, 0.15) is 5.75 Å². The van der Waals surface area contributed by atoms with Gasteiger partial charge in [0, 0.05) is 24.9 Å². The lowest BCUT2D eigenvalue weighted by Gasteiger charge is -2.29. The van der Waals surface area contributed by atoms with Gasteiger partial charge in [0.15, 0.2) is 0 Å². The summed E-state index contributed by atoms with van der Waals surface area (Å²) in [6.07, 6.45) is 5.32. The number of aromatic hydroxyl groups is 1. The molecule has 0 aliphatic carbocycles. The van der Waals surface area contributed by atoms with Gasteiger partial charge in [0.25, 0.3) is 0 Å². The molecule has 1 fully saturated rings. The molecule has 1 N–H and O–H groups in total. The molecular formula is C19H24N2O. The maximum atomic E-state index is 10.2. The van der Waals surface area contributed by atoms with Crippen molar-refractivity contribution in [2.24, 2.45) is 4.99 Å². The van der Waals surface area contributed by atoms with Crippen molar-refractivity contribution in [3.63, 3.8) is 0 Å². The first-order chi connectivity index (χ1) is 10.8. The van der Waals surface area contributed by atoms with E-state index in [4.69, 9.17) is 4.99 Å². The van der Waals surface area contributed by atoms with E-state index in [1.54, 1.807) is 6.07 Å². The summed E-state index contributed by atoms with van der Waals surface area (Å²) in [5, 5.41) is 12.4. The maximum Gasteiger partial charge on any atom is 0.124 e. The van der Waals surface area contributed by atoms with Gasteiger partial charge >= 0.3 is 0 Å². The largest absolute Gasteiger partial charge is 0.507 e. The van der Waals surface area contributed by atoms with E-state index in [9.17, 15) is 5.11 Å². The Labute approximate surface area is 132 Å². The fraction of sp³-hybridized carbons (Fsp3) is 0.421. The van der Waals surface area contributed by atoms with Crippen LogP contribution in [0.15, 0.2) is 41.4 Å². The molecule has 3 nitrogen and oxygen atoms in total. The average Bonchev–Trinajstić information content (AvgIpc) is 2.56. The van der Waals surface area contributed by atoms with Crippen molar-refractivity contribution in [3.8, 4) is 5.75 Å². The van der Waals surface area contributed by atoms with Gasteiger partial charge < -0.3 is 10.0 Å². The minimum absolute atomic E-state index is 0.311. The van der Waals surface area contributed by atoms with Crippen LogP contribution in [-0.2, 0) is 0 Å². The second kappa shape index (κ2) is 6.93. The maximum absolute atomic E-state index is 10.2. The van der Waals surface area contributed by atoms with Crippen LogP contribution in [0, 0.1) is 0 Å². The predicted octanol–water partition coefficient (Wildman–Crippen LogP) is 3.84. The molecule has 0 unspecified atom stereocenters. The van der Waals surface area contributed by atoms with Crippen molar-refractivity contribution in [2.45, 2.75) is 32.2 Å². The molecule has 3 rings (SSSR count). The van der Waals surface area contributed by atoms with Crippen molar-refractivity contribution in [1.82, 2.24) is 4.90 Å². The zero-order valence-electron chi connectivity index (χ0n) is 13.2. The molecule has 0 bridgehead atoms. The molecule has 2 aromatic rings. The van der Waals surface area contributed by atoms with E-state index in [0.717, 1.165) is 42.3 Å². The topological polar surface area (TPSA) is 35.8 Å². The van der Waals surface area contributed by atoms with Crippen LogP contribution in [0.25, 0.3) is 10.8 Å². The van der Waals surface area contributed by atoms with Crippen LogP contribution in [0.1, 0.15) is 31.7 Å². The number of rotatable bonds is 4. The summed E-state index contributed by atoms with van der Waals surface area (Å²) in [7, 11) is 0. The molecule has 1 heterocycles. The van der Waals surface area contributed by atoms with Gasteiger partial charge in [-0.15, -0.1) is 0 Å². The molecule has 0 amide bonds. The molecule has 1 aliphatic rings. The number of phenols is 1. The summed E-state index contributed by atoms with van der Waals surface area (Å²) in [6.45, 7) is 5.70. The van der Waals surface area contributed by atoms with Crippen molar-refractivity contribution in [3.05, 3.63) is 42.0 Å². The zero-order valence-corrected chi connectivity index (χ0v) is 13.2. The number of aliphatic imine (C=N–C) groups is 1. The number of likely N-dealkylation sites (tertiary alicyclic amines) is 1. The van der Waals surface area contributed by atoms with Crippen LogP contribution < -0.4 is 0 Å².